The molecule has 3 aromatic rings. The quantitative estimate of drug-likeness (QED) is 0.653. The second-order valence-electron chi connectivity index (χ2n) is 6.96. The Kier molecular flexibility index (Phi) is 4.95. The summed E-state index contributed by atoms with van der Waals surface area (Å²) in [6.07, 6.45) is 0.798. The summed E-state index contributed by atoms with van der Waals surface area (Å²) in [6.45, 7) is 2.76. The fraction of sp³-hybridized carbons (Fsp3) is 0.286. The van der Waals surface area contributed by atoms with Crippen molar-refractivity contribution >= 4 is 10.0 Å². The summed E-state index contributed by atoms with van der Waals surface area (Å²) in [5, 5.41) is 3.88. The van der Waals surface area contributed by atoms with Gasteiger partial charge in [0.1, 0.15) is 10.6 Å². The number of hydrogen-bond acceptors (Lipinski definition) is 5. The molecule has 146 valence electrons. The van der Waals surface area contributed by atoms with Crippen LogP contribution in [0.5, 0.6) is 5.75 Å². The number of aromatic nitrogens is 1. The fourth-order valence-electron chi connectivity index (χ4n) is 3.61. The van der Waals surface area contributed by atoms with Crippen LogP contribution in [0, 0.1) is 6.92 Å². The van der Waals surface area contributed by atoms with E-state index < -0.39 is 10.0 Å². The number of benzene rings is 2. The molecule has 0 bridgehead atoms. The van der Waals surface area contributed by atoms with Crippen LogP contribution in [-0.4, -0.2) is 38.1 Å². The first-order valence-electron chi connectivity index (χ1n) is 9.16. The van der Waals surface area contributed by atoms with Crippen LogP contribution in [0.25, 0.3) is 11.3 Å². The largest absolute Gasteiger partial charge is 0.495 e. The first-order chi connectivity index (χ1) is 13.5. The van der Waals surface area contributed by atoms with Gasteiger partial charge in [0.2, 0.25) is 10.0 Å². The highest BCUT2D eigenvalue weighted by molar-refractivity contribution is 7.89. The number of hydrogen-bond donors (Lipinski definition) is 0. The van der Waals surface area contributed by atoms with E-state index in [1.54, 1.807) is 24.3 Å². The average Bonchev–Trinajstić information content (AvgIpc) is 3.38. The molecule has 0 N–H and O–H groups in total. The van der Waals surface area contributed by atoms with Crippen molar-refractivity contribution in [3.05, 3.63) is 65.9 Å². The van der Waals surface area contributed by atoms with Gasteiger partial charge in [-0.15, -0.1) is 0 Å². The maximum absolute atomic E-state index is 13.4. The Morgan fingerprint density at radius 1 is 1.14 bits per heavy atom. The predicted octanol–water partition coefficient (Wildman–Crippen LogP) is 3.84. The van der Waals surface area contributed by atoms with Gasteiger partial charge in [0.15, 0.2) is 5.76 Å². The molecule has 0 aliphatic carbocycles. The average molecular weight is 398 g/mol. The molecule has 0 spiro atoms. The van der Waals surface area contributed by atoms with Gasteiger partial charge in [-0.05, 0) is 43.0 Å². The third-order valence-electron chi connectivity index (χ3n) is 5.12. The normalized spacial score (nSPS) is 17.7. The van der Waals surface area contributed by atoms with Crippen LogP contribution in [-0.2, 0) is 10.0 Å². The third kappa shape index (κ3) is 3.43. The van der Waals surface area contributed by atoms with Crippen LogP contribution < -0.4 is 4.74 Å². The van der Waals surface area contributed by atoms with Crippen molar-refractivity contribution in [1.82, 2.24) is 9.46 Å². The number of methoxy groups -OCH3 is 1. The summed E-state index contributed by atoms with van der Waals surface area (Å²) >= 11 is 0. The lowest BCUT2D eigenvalue weighted by atomic mass is 9.99. The molecule has 1 atom stereocenters. The van der Waals surface area contributed by atoms with Crippen LogP contribution in [0.1, 0.15) is 23.6 Å². The van der Waals surface area contributed by atoms with Gasteiger partial charge in [-0.3, -0.25) is 0 Å². The number of aryl methyl sites for hydroxylation is 1. The van der Waals surface area contributed by atoms with Gasteiger partial charge in [0, 0.05) is 24.7 Å². The molecule has 4 rings (SSSR count). The maximum Gasteiger partial charge on any atom is 0.246 e. The molecular weight excluding hydrogens is 376 g/mol. The Balaban J connectivity index is 1.67. The highest BCUT2D eigenvalue weighted by Crippen LogP contribution is 2.36. The minimum Gasteiger partial charge on any atom is -0.495 e. The van der Waals surface area contributed by atoms with Gasteiger partial charge in [0.05, 0.1) is 12.8 Å². The van der Waals surface area contributed by atoms with Crippen molar-refractivity contribution in [3.8, 4) is 17.1 Å². The minimum absolute atomic E-state index is 0.148. The number of sulfonamides is 1. The summed E-state index contributed by atoms with van der Waals surface area (Å²) in [6, 6.07) is 16.8. The molecule has 2 aromatic carbocycles. The lowest BCUT2D eigenvalue weighted by Gasteiger charge is -2.19. The van der Waals surface area contributed by atoms with Crippen molar-refractivity contribution in [2.24, 2.45) is 0 Å². The summed E-state index contributed by atoms with van der Waals surface area (Å²) in [7, 11) is -2.22. The second-order valence-corrected chi connectivity index (χ2v) is 8.86. The van der Waals surface area contributed by atoms with Gasteiger partial charge in [-0.25, -0.2) is 8.42 Å². The first kappa shape index (κ1) is 18.7. The molecule has 0 amide bonds. The monoisotopic (exact) mass is 398 g/mol. The summed E-state index contributed by atoms with van der Waals surface area (Å²) in [4.78, 5) is 0.148. The standard InChI is InChI=1S/C21H22N2O4S/c1-15-12-20(27-22-15)17-8-9-19(26-2)21(13-17)28(24,25)23-11-10-18(14-23)16-6-4-3-5-7-16/h3-9,12-13,18H,10-11,14H2,1-2H3. The van der Waals surface area contributed by atoms with Crippen LogP contribution in [0.15, 0.2) is 64.0 Å². The summed E-state index contributed by atoms with van der Waals surface area (Å²) in [5.74, 6) is 1.05. The molecule has 1 saturated heterocycles. The molecule has 1 unspecified atom stereocenters. The fourth-order valence-corrected chi connectivity index (χ4v) is 5.30. The van der Waals surface area contributed by atoms with Gasteiger partial charge >= 0.3 is 0 Å². The molecule has 6 nitrogen and oxygen atoms in total. The van der Waals surface area contributed by atoms with E-state index >= 15 is 0 Å². The van der Waals surface area contributed by atoms with Gasteiger partial charge in [-0.2, -0.15) is 4.31 Å². The lowest BCUT2D eigenvalue weighted by Crippen LogP contribution is -2.29. The van der Waals surface area contributed by atoms with Gasteiger partial charge < -0.3 is 9.26 Å². The van der Waals surface area contributed by atoms with Crippen molar-refractivity contribution in [1.29, 1.82) is 0 Å². The van der Waals surface area contributed by atoms with Crippen molar-refractivity contribution in [2.75, 3.05) is 20.2 Å². The Hall–Kier alpha value is -2.64. The summed E-state index contributed by atoms with van der Waals surface area (Å²) in [5.41, 5.74) is 2.55. The van der Waals surface area contributed by atoms with E-state index in [-0.39, 0.29) is 10.8 Å². The number of ether oxygens (including phenoxy) is 1. The first-order valence-corrected chi connectivity index (χ1v) is 10.6. The van der Waals surface area contributed by atoms with Crippen molar-refractivity contribution < 1.29 is 17.7 Å². The molecule has 1 fully saturated rings. The minimum atomic E-state index is -3.70. The molecular formula is C21H22N2O4S. The van der Waals surface area contributed by atoms with Crippen LogP contribution in [0.4, 0.5) is 0 Å². The molecule has 0 saturated carbocycles. The van der Waals surface area contributed by atoms with Gasteiger partial charge in [0.25, 0.3) is 0 Å². The smallest absolute Gasteiger partial charge is 0.246 e. The summed E-state index contributed by atoms with van der Waals surface area (Å²) < 4.78 is 38.9. The Bertz CT molecular complexity index is 1080. The van der Waals surface area contributed by atoms with Crippen LogP contribution in [0.3, 0.4) is 0 Å². The third-order valence-corrected chi connectivity index (χ3v) is 7.00. The molecule has 7 heteroatoms. The Labute approximate surface area is 164 Å². The molecule has 1 aromatic heterocycles. The van der Waals surface area contributed by atoms with E-state index in [4.69, 9.17) is 9.26 Å². The number of nitrogens with zero attached hydrogens (tertiary/aromatic N) is 2. The molecule has 28 heavy (non-hydrogen) atoms. The van der Waals surface area contributed by atoms with E-state index in [2.05, 4.69) is 5.16 Å². The predicted molar refractivity (Wildman–Crippen MR) is 106 cm³/mol. The van der Waals surface area contributed by atoms with Crippen molar-refractivity contribution in [2.45, 2.75) is 24.2 Å². The van der Waals surface area contributed by atoms with Crippen molar-refractivity contribution in [3.63, 3.8) is 0 Å². The molecule has 1 aliphatic rings. The molecule has 1 aliphatic heterocycles. The molecule has 2 heterocycles. The highest BCUT2D eigenvalue weighted by atomic mass is 32.2. The topological polar surface area (TPSA) is 72.6 Å². The zero-order valence-corrected chi connectivity index (χ0v) is 16.6. The lowest BCUT2D eigenvalue weighted by molar-refractivity contribution is 0.397. The SMILES string of the molecule is COc1ccc(-c2cc(C)no2)cc1S(=O)(=O)N1CCC(c2ccccc2)C1. The van der Waals surface area contributed by atoms with E-state index in [0.717, 1.165) is 17.7 Å². The number of rotatable bonds is 5. The zero-order valence-electron chi connectivity index (χ0n) is 15.8. The highest BCUT2D eigenvalue weighted by Gasteiger charge is 2.35. The zero-order chi connectivity index (χ0) is 19.7. The Morgan fingerprint density at radius 3 is 2.61 bits per heavy atom. The van der Waals surface area contributed by atoms with Gasteiger partial charge in [-0.1, -0.05) is 35.5 Å². The van der Waals surface area contributed by atoms with Crippen LogP contribution in [0.2, 0.25) is 0 Å². The van der Waals surface area contributed by atoms with E-state index in [1.165, 1.54) is 11.4 Å². The van der Waals surface area contributed by atoms with E-state index in [0.29, 0.717) is 30.2 Å². The maximum atomic E-state index is 13.4. The second kappa shape index (κ2) is 7.41. The van der Waals surface area contributed by atoms with E-state index in [1.807, 2.05) is 37.3 Å². The van der Waals surface area contributed by atoms with Crippen LogP contribution >= 0.6 is 0 Å². The van der Waals surface area contributed by atoms with E-state index in [9.17, 15) is 8.42 Å². The Morgan fingerprint density at radius 2 is 1.93 bits per heavy atom. The molecule has 0 radical (unpaired) electrons.